The van der Waals surface area contributed by atoms with Crippen LogP contribution in [-0.4, -0.2) is 25.3 Å². The number of anilines is 1. The van der Waals surface area contributed by atoms with E-state index in [4.69, 9.17) is 4.74 Å². The van der Waals surface area contributed by atoms with Gasteiger partial charge in [-0.2, -0.15) is 11.8 Å². The Morgan fingerprint density at radius 2 is 1.80 bits per heavy atom. The third-order valence-corrected chi connectivity index (χ3v) is 7.13. The number of nitrogens with one attached hydrogen (secondary N) is 1. The number of ether oxygens (including phenoxy) is 1. The average Bonchev–Trinajstić information content (AvgIpc) is 2.85. The first kappa shape index (κ1) is 27.0. The Hall–Kier alpha value is -2.63. The van der Waals surface area contributed by atoms with Crippen LogP contribution >= 0.6 is 23.7 Å². The maximum Gasteiger partial charge on any atom is 0.119 e. The molecular formula is C30H36N2OS2. The van der Waals surface area contributed by atoms with Crippen molar-refractivity contribution in [1.82, 2.24) is 0 Å². The minimum atomic E-state index is 0.765. The van der Waals surface area contributed by atoms with Gasteiger partial charge in [0.05, 0.1) is 6.61 Å². The summed E-state index contributed by atoms with van der Waals surface area (Å²) in [5.74, 6) is 2.09. The van der Waals surface area contributed by atoms with Crippen LogP contribution in [0.2, 0.25) is 0 Å². The molecule has 3 aromatic carbocycles. The van der Waals surface area contributed by atoms with E-state index in [0.29, 0.717) is 0 Å². The highest BCUT2D eigenvalue weighted by molar-refractivity contribution is 8.07. The zero-order chi connectivity index (χ0) is 25.0. The molecule has 0 saturated heterocycles. The molecule has 5 heteroatoms. The lowest BCUT2D eigenvalue weighted by molar-refractivity contribution is 0.318. The number of rotatable bonds is 13. The quantitative estimate of drug-likeness (QED) is 0.143. The van der Waals surface area contributed by atoms with E-state index in [1.165, 1.54) is 45.3 Å². The minimum absolute atomic E-state index is 0.765. The van der Waals surface area contributed by atoms with Crippen molar-refractivity contribution in [1.29, 1.82) is 0 Å². The SMILES string of the molecule is C=NS/C(=C\CC)c1ccc(NCc2cccc(-c3c(C)cc(OCCCSC)cc3C)c2)cc1. The fraction of sp³-hybridized carbons (Fsp3) is 0.300. The molecule has 0 aliphatic heterocycles. The summed E-state index contributed by atoms with van der Waals surface area (Å²) in [5, 5.41) is 3.56. The number of allylic oxidation sites excluding steroid dienone is 1. The summed E-state index contributed by atoms with van der Waals surface area (Å²) in [6, 6.07) is 21.6. The molecule has 0 amide bonds. The fourth-order valence-electron chi connectivity index (χ4n) is 4.11. The number of benzene rings is 3. The topological polar surface area (TPSA) is 33.6 Å². The molecular weight excluding hydrogens is 468 g/mol. The maximum absolute atomic E-state index is 5.99. The van der Waals surface area contributed by atoms with Crippen LogP contribution in [-0.2, 0) is 6.54 Å². The van der Waals surface area contributed by atoms with Gasteiger partial charge in [-0.25, -0.2) is 4.40 Å². The van der Waals surface area contributed by atoms with E-state index >= 15 is 0 Å². The van der Waals surface area contributed by atoms with E-state index in [9.17, 15) is 0 Å². The van der Waals surface area contributed by atoms with E-state index in [-0.39, 0.29) is 0 Å². The van der Waals surface area contributed by atoms with Crippen LogP contribution in [0.5, 0.6) is 5.75 Å². The van der Waals surface area contributed by atoms with Crippen LogP contribution in [0.3, 0.4) is 0 Å². The summed E-state index contributed by atoms with van der Waals surface area (Å²) in [7, 11) is 0. The smallest absolute Gasteiger partial charge is 0.119 e. The molecule has 0 aliphatic carbocycles. The van der Waals surface area contributed by atoms with Gasteiger partial charge in [0.15, 0.2) is 0 Å². The van der Waals surface area contributed by atoms with Crippen LogP contribution < -0.4 is 10.1 Å². The number of nitrogens with zero attached hydrogens (tertiary/aromatic N) is 1. The van der Waals surface area contributed by atoms with E-state index in [1.54, 1.807) is 0 Å². The Bertz CT molecular complexity index is 1120. The minimum Gasteiger partial charge on any atom is -0.494 e. The van der Waals surface area contributed by atoms with Crippen molar-refractivity contribution in [2.24, 2.45) is 4.40 Å². The number of aryl methyl sites for hydroxylation is 2. The lowest BCUT2D eigenvalue weighted by atomic mass is 9.94. The van der Waals surface area contributed by atoms with Gasteiger partial charge in [0.2, 0.25) is 0 Å². The Kier molecular flexibility index (Phi) is 10.8. The van der Waals surface area contributed by atoms with E-state index in [0.717, 1.165) is 48.1 Å². The summed E-state index contributed by atoms with van der Waals surface area (Å²) in [6.07, 6.45) is 6.36. The third kappa shape index (κ3) is 7.94. The molecule has 3 nitrogen and oxygen atoms in total. The molecule has 0 atom stereocenters. The first-order valence-electron chi connectivity index (χ1n) is 12.1. The molecule has 0 aromatic heterocycles. The second kappa shape index (κ2) is 14.1. The van der Waals surface area contributed by atoms with Gasteiger partial charge >= 0.3 is 0 Å². The van der Waals surface area contributed by atoms with Crippen molar-refractivity contribution in [3.05, 3.63) is 89.0 Å². The van der Waals surface area contributed by atoms with Crippen molar-refractivity contribution < 1.29 is 4.74 Å². The molecule has 35 heavy (non-hydrogen) atoms. The van der Waals surface area contributed by atoms with Gasteiger partial charge in [-0.3, -0.25) is 0 Å². The third-order valence-electron chi connectivity index (χ3n) is 5.70. The first-order chi connectivity index (χ1) is 17.0. The number of hydrogen-bond donors (Lipinski definition) is 1. The highest BCUT2D eigenvalue weighted by Crippen LogP contribution is 2.32. The summed E-state index contributed by atoms with van der Waals surface area (Å²) in [6.45, 7) is 11.6. The fourth-order valence-corrected chi connectivity index (χ4v) is 5.14. The highest BCUT2D eigenvalue weighted by Gasteiger charge is 2.10. The second-order valence-corrected chi connectivity index (χ2v) is 10.3. The van der Waals surface area contributed by atoms with Crippen LogP contribution in [0.25, 0.3) is 16.0 Å². The predicted octanol–water partition coefficient (Wildman–Crippen LogP) is 8.81. The van der Waals surface area contributed by atoms with Gasteiger partial charge in [-0.05, 0) is 109 Å². The molecule has 0 bridgehead atoms. The monoisotopic (exact) mass is 504 g/mol. The Labute approximate surface area is 219 Å². The van der Waals surface area contributed by atoms with Crippen molar-refractivity contribution >= 4 is 41.0 Å². The molecule has 0 fully saturated rings. The summed E-state index contributed by atoms with van der Waals surface area (Å²) < 4.78 is 9.96. The van der Waals surface area contributed by atoms with E-state index in [1.807, 2.05) is 11.8 Å². The van der Waals surface area contributed by atoms with Gasteiger partial charge < -0.3 is 10.1 Å². The van der Waals surface area contributed by atoms with Crippen molar-refractivity contribution in [2.75, 3.05) is 23.9 Å². The maximum atomic E-state index is 5.99. The molecule has 184 valence electrons. The normalized spacial score (nSPS) is 11.4. The van der Waals surface area contributed by atoms with Crippen molar-refractivity contribution in [3.8, 4) is 16.9 Å². The van der Waals surface area contributed by atoms with Gasteiger partial charge in [0.25, 0.3) is 0 Å². The summed E-state index contributed by atoms with van der Waals surface area (Å²) in [5.41, 5.74) is 8.53. The Balaban J connectivity index is 1.68. The molecule has 0 unspecified atom stereocenters. The molecule has 3 aromatic rings. The summed E-state index contributed by atoms with van der Waals surface area (Å²) in [4.78, 5) is 1.14. The lowest BCUT2D eigenvalue weighted by Crippen LogP contribution is -2.01. The van der Waals surface area contributed by atoms with Gasteiger partial charge in [-0.1, -0.05) is 43.3 Å². The standard InChI is InChI=1S/C30H36N2OS2/c1-6-9-29(35-31-4)25-12-14-27(15-13-25)32-21-24-10-7-11-26(20-24)30-22(2)18-28(19-23(30)3)33-16-8-17-34-5/h7,9-15,18-20,32H,4,6,8,16-17,21H2,1-3,5H3/b29-9-. The van der Waals surface area contributed by atoms with Crippen LogP contribution in [0.1, 0.15) is 42.0 Å². The zero-order valence-electron chi connectivity index (χ0n) is 21.3. The largest absolute Gasteiger partial charge is 0.494 e. The zero-order valence-corrected chi connectivity index (χ0v) is 22.9. The van der Waals surface area contributed by atoms with Gasteiger partial charge in [-0.15, -0.1) is 0 Å². The second-order valence-electron chi connectivity index (χ2n) is 8.46. The Morgan fingerprint density at radius 1 is 1.06 bits per heavy atom. The molecule has 0 saturated carbocycles. The first-order valence-corrected chi connectivity index (χ1v) is 14.2. The lowest BCUT2D eigenvalue weighted by Gasteiger charge is -2.15. The average molecular weight is 505 g/mol. The van der Waals surface area contributed by atoms with Crippen LogP contribution in [0.4, 0.5) is 5.69 Å². The molecule has 1 N–H and O–H groups in total. The van der Waals surface area contributed by atoms with E-state index < -0.39 is 0 Å². The molecule has 0 radical (unpaired) electrons. The van der Waals surface area contributed by atoms with Gasteiger partial charge in [0.1, 0.15) is 5.75 Å². The predicted molar refractivity (Wildman–Crippen MR) is 159 cm³/mol. The molecule has 0 aliphatic rings. The van der Waals surface area contributed by atoms with Crippen molar-refractivity contribution in [3.63, 3.8) is 0 Å². The highest BCUT2D eigenvalue weighted by atomic mass is 32.2. The number of hydrogen-bond acceptors (Lipinski definition) is 5. The molecule has 0 spiro atoms. The summed E-state index contributed by atoms with van der Waals surface area (Å²) >= 11 is 3.28. The van der Waals surface area contributed by atoms with Crippen LogP contribution in [0.15, 0.2) is 71.1 Å². The Morgan fingerprint density at radius 3 is 2.46 bits per heavy atom. The van der Waals surface area contributed by atoms with Crippen molar-refractivity contribution in [2.45, 2.75) is 40.2 Å². The molecule has 3 rings (SSSR count). The number of thioether (sulfide) groups is 1. The van der Waals surface area contributed by atoms with Gasteiger partial charge in [0, 0.05) is 29.1 Å². The molecule has 0 heterocycles. The van der Waals surface area contributed by atoms with E-state index in [2.05, 4.69) is 110 Å². The van der Waals surface area contributed by atoms with Crippen LogP contribution in [0, 0.1) is 13.8 Å².